The minimum absolute atomic E-state index is 0.498. The molecule has 1 atom stereocenters. The van der Waals surface area contributed by atoms with Crippen molar-refractivity contribution in [2.24, 2.45) is 11.8 Å². The second kappa shape index (κ2) is 5.88. The van der Waals surface area contributed by atoms with E-state index in [4.69, 9.17) is 0 Å². The van der Waals surface area contributed by atoms with Crippen LogP contribution in [0, 0.1) is 11.8 Å². The summed E-state index contributed by atoms with van der Waals surface area (Å²) < 4.78 is 28.7. The van der Waals surface area contributed by atoms with Gasteiger partial charge in [0.1, 0.15) is 0 Å². The summed E-state index contributed by atoms with van der Waals surface area (Å²) in [4.78, 5) is 0. The van der Waals surface area contributed by atoms with E-state index in [0.29, 0.717) is 31.5 Å². The highest BCUT2D eigenvalue weighted by Gasteiger charge is 2.35. The van der Waals surface area contributed by atoms with Gasteiger partial charge >= 0.3 is 0 Å². The van der Waals surface area contributed by atoms with Crippen LogP contribution in [-0.4, -0.2) is 43.2 Å². The molecule has 5 heteroatoms. The zero-order chi connectivity index (χ0) is 13.2. The zero-order valence-corrected chi connectivity index (χ0v) is 12.5. The van der Waals surface area contributed by atoms with E-state index in [1.54, 1.807) is 8.61 Å². The van der Waals surface area contributed by atoms with Gasteiger partial charge in [-0.05, 0) is 43.9 Å². The van der Waals surface area contributed by atoms with Gasteiger partial charge in [0.05, 0.1) is 0 Å². The first-order chi connectivity index (χ1) is 8.54. The van der Waals surface area contributed by atoms with Crippen molar-refractivity contribution in [2.75, 3.05) is 26.2 Å². The summed E-state index contributed by atoms with van der Waals surface area (Å²) in [7, 11) is -3.21. The summed E-state index contributed by atoms with van der Waals surface area (Å²) in [5.74, 6) is 1.12. The third-order valence-corrected chi connectivity index (χ3v) is 5.87. The maximum atomic E-state index is 12.6. The molecule has 106 valence electrons. The Bertz CT molecular complexity index is 365. The predicted molar refractivity (Wildman–Crippen MR) is 73.5 cm³/mol. The number of rotatable bonds is 6. The van der Waals surface area contributed by atoms with E-state index in [1.165, 1.54) is 12.8 Å². The van der Waals surface area contributed by atoms with Crippen LogP contribution in [0.15, 0.2) is 0 Å². The van der Waals surface area contributed by atoms with Gasteiger partial charge in [-0.2, -0.15) is 17.0 Å². The highest BCUT2D eigenvalue weighted by Crippen LogP contribution is 2.31. The second-order valence-electron chi connectivity index (χ2n) is 5.91. The van der Waals surface area contributed by atoms with Crippen molar-refractivity contribution in [3.63, 3.8) is 0 Å². The van der Waals surface area contributed by atoms with E-state index in [9.17, 15) is 8.42 Å². The van der Waals surface area contributed by atoms with E-state index in [0.717, 1.165) is 25.8 Å². The lowest BCUT2D eigenvalue weighted by atomic mass is 10.0. The summed E-state index contributed by atoms with van der Waals surface area (Å²) >= 11 is 0. The molecule has 0 aromatic heterocycles. The Morgan fingerprint density at radius 3 is 2.56 bits per heavy atom. The fraction of sp³-hybridized carbons (Fsp3) is 1.00. The molecule has 4 nitrogen and oxygen atoms in total. The fourth-order valence-corrected chi connectivity index (χ4v) is 4.60. The monoisotopic (exact) mass is 274 g/mol. The molecule has 0 amide bonds. The molecule has 18 heavy (non-hydrogen) atoms. The molecular formula is C13H26N2O2S. The molecule has 2 rings (SSSR count). The van der Waals surface area contributed by atoms with Crippen LogP contribution in [0.25, 0.3) is 0 Å². The third kappa shape index (κ3) is 3.45. The first-order valence-corrected chi connectivity index (χ1v) is 8.69. The van der Waals surface area contributed by atoms with Gasteiger partial charge in [-0.15, -0.1) is 0 Å². The lowest BCUT2D eigenvalue weighted by Crippen LogP contribution is -2.48. The Morgan fingerprint density at radius 2 is 2.00 bits per heavy atom. The van der Waals surface area contributed by atoms with Crippen LogP contribution < -0.4 is 0 Å². The van der Waals surface area contributed by atoms with Crippen LogP contribution in [0.2, 0.25) is 0 Å². The maximum Gasteiger partial charge on any atom is 0.281 e. The minimum Gasteiger partial charge on any atom is -0.195 e. The molecule has 0 aromatic rings. The van der Waals surface area contributed by atoms with Crippen molar-refractivity contribution in [3.05, 3.63) is 0 Å². The molecule has 1 aliphatic carbocycles. The number of hydrogen-bond acceptors (Lipinski definition) is 2. The normalized spacial score (nSPS) is 26.7. The van der Waals surface area contributed by atoms with Gasteiger partial charge in [0, 0.05) is 26.2 Å². The third-order valence-electron chi connectivity index (χ3n) is 3.90. The van der Waals surface area contributed by atoms with E-state index in [2.05, 4.69) is 6.92 Å². The summed E-state index contributed by atoms with van der Waals surface area (Å²) in [5.41, 5.74) is 0. The quantitative estimate of drug-likeness (QED) is 0.744. The lowest BCUT2D eigenvalue weighted by Gasteiger charge is -2.34. The Kier molecular flexibility index (Phi) is 4.67. The van der Waals surface area contributed by atoms with Crippen LogP contribution in [0.3, 0.4) is 0 Å². The van der Waals surface area contributed by atoms with Crippen LogP contribution >= 0.6 is 0 Å². The Labute approximate surface area is 112 Å². The topological polar surface area (TPSA) is 40.6 Å². The van der Waals surface area contributed by atoms with Crippen molar-refractivity contribution in [1.82, 2.24) is 8.61 Å². The molecule has 0 spiro atoms. The lowest BCUT2D eigenvalue weighted by molar-refractivity contribution is 0.255. The van der Waals surface area contributed by atoms with Crippen molar-refractivity contribution >= 4 is 10.2 Å². The zero-order valence-electron chi connectivity index (χ0n) is 11.6. The van der Waals surface area contributed by atoms with Crippen molar-refractivity contribution in [1.29, 1.82) is 0 Å². The minimum atomic E-state index is -3.21. The number of piperidine rings is 1. The first-order valence-electron chi connectivity index (χ1n) is 7.29. The molecule has 0 aromatic carbocycles. The molecule has 0 N–H and O–H groups in total. The molecule has 1 unspecified atom stereocenters. The van der Waals surface area contributed by atoms with E-state index < -0.39 is 10.2 Å². The molecule has 0 radical (unpaired) electrons. The molecule has 0 bridgehead atoms. The summed E-state index contributed by atoms with van der Waals surface area (Å²) in [5, 5.41) is 0. The molecule has 1 heterocycles. The van der Waals surface area contributed by atoms with Crippen molar-refractivity contribution in [3.8, 4) is 0 Å². The van der Waals surface area contributed by atoms with Crippen LogP contribution in [0.5, 0.6) is 0 Å². The van der Waals surface area contributed by atoms with Crippen LogP contribution in [-0.2, 0) is 10.2 Å². The van der Waals surface area contributed by atoms with E-state index in [1.807, 2.05) is 6.92 Å². The summed E-state index contributed by atoms with van der Waals surface area (Å²) in [6, 6.07) is 0. The average Bonchev–Trinajstić information content (AvgIpc) is 3.12. The molecule has 1 aliphatic heterocycles. The van der Waals surface area contributed by atoms with Crippen LogP contribution in [0.1, 0.15) is 46.0 Å². The van der Waals surface area contributed by atoms with Gasteiger partial charge in [0.2, 0.25) is 0 Å². The Morgan fingerprint density at radius 1 is 1.28 bits per heavy atom. The largest absolute Gasteiger partial charge is 0.281 e. The first kappa shape index (κ1) is 14.3. The second-order valence-corrected chi connectivity index (χ2v) is 7.84. The van der Waals surface area contributed by atoms with Gasteiger partial charge in [-0.1, -0.05) is 13.8 Å². The average molecular weight is 274 g/mol. The predicted octanol–water partition coefficient (Wildman–Crippen LogP) is 2.09. The Hall–Kier alpha value is -0.130. The number of nitrogens with zero attached hydrogens (tertiary/aromatic N) is 2. The Balaban J connectivity index is 2.04. The van der Waals surface area contributed by atoms with E-state index >= 15 is 0 Å². The fourth-order valence-electron chi connectivity index (χ4n) is 2.66. The molecule has 1 saturated heterocycles. The van der Waals surface area contributed by atoms with E-state index in [-0.39, 0.29) is 0 Å². The molecule has 2 fully saturated rings. The smallest absolute Gasteiger partial charge is 0.195 e. The summed E-state index contributed by atoms with van der Waals surface area (Å²) in [6.45, 7) is 7.01. The van der Waals surface area contributed by atoms with Gasteiger partial charge in [-0.25, -0.2) is 0 Å². The molecule has 1 saturated carbocycles. The molecule has 2 aliphatic rings. The van der Waals surface area contributed by atoms with Gasteiger partial charge in [0.25, 0.3) is 10.2 Å². The van der Waals surface area contributed by atoms with Gasteiger partial charge < -0.3 is 0 Å². The van der Waals surface area contributed by atoms with Crippen LogP contribution in [0.4, 0.5) is 0 Å². The highest BCUT2D eigenvalue weighted by atomic mass is 32.2. The van der Waals surface area contributed by atoms with Crippen molar-refractivity contribution < 1.29 is 8.42 Å². The SMILES string of the molecule is CCCN(CC1CC1)S(=O)(=O)N1CCCC(C)C1. The highest BCUT2D eigenvalue weighted by molar-refractivity contribution is 7.86. The molecular weight excluding hydrogens is 248 g/mol. The standard InChI is InChI=1S/C13H26N2O2S/c1-3-8-14(11-13-6-7-13)18(16,17)15-9-4-5-12(2)10-15/h12-13H,3-11H2,1-2H3. The maximum absolute atomic E-state index is 12.6. The van der Waals surface area contributed by atoms with Gasteiger partial charge in [0.15, 0.2) is 0 Å². The summed E-state index contributed by atoms with van der Waals surface area (Å²) in [6.07, 6.45) is 5.46. The van der Waals surface area contributed by atoms with Crippen molar-refractivity contribution in [2.45, 2.75) is 46.0 Å². The number of hydrogen-bond donors (Lipinski definition) is 0. The van der Waals surface area contributed by atoms with Gasteiger partial charge in [-0.3, -0.25) is 0 Å².